The molecule has 31 heavy (non-hydrogen) atoms. The fraction of sp³-hybridized carbons (Fsp3) is 0.471. The van der Waals surface area contributed by atoms with Crippen LogP contribution in [0.1, 0.15) is 46.0 Å². The zero-order chi connectivity index (χ0) is 24.4. The number of aliphatic carboxylic acids is 1. The molecule has 170 valence electrons. The van der Waals surface area contributed by atoms with Gasteiger partial charge in [0.1, 0.15) is 21.5 Å². The number of carboxylic acid groups (broad SMARTS) is 1. The molecule has 0 fully saturated rings. The molecule has 2 rings (SSSR count). The van der Waals surface area contributed by atoms with E-state index in [4.69, 9.17) is 35.3 Å². The highest BCUT2D eigenvalue weighted by molar-refractivity contribution is 7.93. The predicted molar refractivity (Wildman–Crippen MR) is 133 cm³/mol. The lowest BCUT2D eigenvalue weighted by Gasteiger charge is -1.89. The Hall–Kier alpha value is -2.22. The summed E-state index contributed by atoms with van der Waals surface area (Å²) in [5.41, 5.74) is 11.5. The predicted octanol–water partition coefficient (Wildman–Crippen LogP) is 1.29. The summed E-state index contributed by atoms with van der Waals surface area (Å²) in [5.74, 6) is -1.06. The number of thiocarbonyl (C=S) groups is 4. The fourth-order valence-electron chi connectivity index (χ4n) is 1.83. The van der Waals surface area contributed by atoms with Crippen molar-refractivity contribution in [3.05, 3.63) is 0 Å². The molecule has 0 aliphatic carbocycles. The summed E-state index contributed by atoms with van der Waals surface area (Å²) >= 11 is 17.5. The van der Waals surface area contributed by atoms with Gasteiger partial charge in [-0.2, -0.15) is 10.2 Å². The highest BCUT2D eigenvalue weighted by Crippen LogP contribution is 2.01. The number of ketones is 3. The number of nitrogens with one attached hydrogen (secondary N) is 2. The maximum Gasteiger partial charge on any atom is 0.309 e. The molecule has 2 aliphatic rings. The Morgan fingerprint density at radius 3 is 1.61 bits per heavy atom. The minimum absolute atomic E-state index is 0.0174. The maximum atomic E-state index is 10.6. The van der Waals surface area contributed by atoms with E-state index in [0.29, 0.717) is 35.0 Å². The Labute approximate surface area is 201 Å². The second-order valence-electron chi connectivity index (χ2n) is 5.93. The van der Waals surface area contributed by atoms with Gasteiger partial charge in [-0.1, -0.05) is 24.4 Å². The van der Waals surface area contributed by atoms with Crippen LogP contribution in [-0.4, -0.2) is 60.7 Å². The third-order valence-corrected chi connectivity index (χ3v) is 3.36. The molecule has 0 unspecified atom stereocenters. The van der Waals surface area contributed by atoms with E-state index in [9.17, 15) is 19.2 Å². The molecule has 0 spiro atoms. The largest absolute Gasteiger partial charge is 0.481 e. The van der Waals surface area contributed by atoms with Crippen LogP contribution in [0.4, 0.5) is 0 Å². The Balaban J connectivity index is 0. The molecule has 0 saturated carbocycles. The number of carbonyl (C=O) groups excluding carboxylic acids is 3. The van der Waals surface area contributed by atoms with Gasteiger partial charge in [0.15, 0.2) is 5.78 Å². The van der Waals surface area contributed by atoms with Gasteiger partial charge in [-0.25, -0.2) is 0 Å². The molecular weight excluding hydrogens is 482 g/mol. The van der Waals surface area contributed by atoms with Gasteiger partial charge in [0.05, 0.1) is 30.8 Å². The van der Waals surface area contributed by atoms with E-state index >= 15 is 0 Å². The number of carbonyl (C=O) groups is 4. The van der Waals surface area contributed by atoms with Crippen molar-refractivity contribution in [2.45, 2.75) is 46.0 Å². The van der Waals surface area contributed by atoms with Gasteiger partial charge >= 0.3 is 5.97 Å². The van der Waals surface area contributed by atoms with Crippen molar-refractivity contribution in [1.82, 2.24) is 10.9 Å². The molecule has 0 amide bonds. The van der Waals surface area contributed by atoms with Crippen LogP contribution < -0.4 is 16.6 Å². The van der Waals surface area contributed by atoms with Crippen LogP contribution in [0.5, 0.6) is 0 Å². The van der Waals surface area contributed by atoms with E-state index in [1.54, 1.807) is 6.92 Å². The summed E-state index contributed by atoms with van der Waals surface area (Å²) < 4.78 is 1.92. The monoisotopic (exact) mass is 505 g/mol. The molecule has 0 saturated heterocycles. The van der Waals surface area contributed by atoms with Gasteiger partial charge in [0.2, 0.25) is 0 Å². The van der Waals surface area contributed by atoms with E-state index in [2.05, 4.69) is 45.5 Å². The molecule has 0 aromatic heterocycles. The summed E-state index contributed by atoms with van der Waals surface area (Å²) in [7, 11) is 0. The van der Waals surface area contributed by atoms with Crippen LogP contribution in [0, 0.1) is 0 Å². The zero-order valence-electron chi connectivity index (χ0n) is 16.9. The molecular formula is C17H23N5O5S4. The number of carboxylic acids is 1. The smallest absolute Gasteiger partial charge is 0.309 e. The van der Waals surface area contributed by atoms with Crippen LogP contribution in [0.2, 0.25) is 0 Å². The summed E-state index contributed by atoms with van der Waals surface area (Å²) in [4.78, 5) is 42.4. The van der Waals surface area contributed by atoms with E-state index in [0.717, 1.165) is 5.71 Å². The zero-order valence-corrected chi connectivity index (χ0v) is 20.2. The number of nitrogens with two attached hydrogens (primary N) is 1. The van der Waals surface area contributed by atoms with Gasteiger partial charge in [0.25, 0.3) is 0 Å². The van der Waals surface area contributed by atoms with Crippen molar-refractivity contribution in [3.8, 4) is 0 Å². The molecule has 2 aliphatic heterocycles. The van der Waals surface area contributed by atoms with Crippen molar-refractivity contribution in [1.29, 1.82) is 0 Å². The number of hydrazone groups is 2. The van der Waals surface area contributed by atoms with Gasteiger partial charge in [-0.3, -0.25) is 30.0 Å². The number of rotatable bonds is 7. The lowest BCUT2D eigenvalue weighted by molar-refractivity contribution is -0.135. The first-order chi connectivity index (χ1) is 14.4. The Kier molecular flexibility index (Phi) is 18.5. The van der Waals surface area contributed by atoms with Crippen molar-refractivity contribution in [3.63, 3.8) is 0 Å². The standard InChI is InChI=1S/C6H8N2OS.C5H6N2O2S.C5H9NO2.CS2/c1-4(9)2-5-3-6(10)8-7-5;8-5(9)2-3-1-4(10)7-6-3;1-4(7)2-5(8)3-6;2-1-3/h2-3H2,1H3,(H,8,10);1-2H2,(H,7,10)(H,8,9);2-3,6H2,1H3;. The van der Waals surface area contributed by atoms with Crippen molar-refractivity contribution < 1.29 is 24.3 Å². The maximum absolute atomic E-state index is 10.6. The van der Waals surface area contributed by atoms with E-state index in [1.807, 2.05) is 4.31 Å². The van der Waals surface area contributed by atoms with Gasteiger partial charge in [-0.15, -0.1) is 0 Å². The number of nitrogens with zero attached hydrogens (tertiary/aromatic N) is 2. The fourth-order valence-corrected chi connectivity index (χ4v) is 2.25. The van der Waals surface area contributed by atoms with E-state index in [1.165, 1.54) is 6.92 Å². The summed E-state index contributed by atoms with van der Waals surface area (Å²) in [6.07, 6.45) is 1.52. The molecule has 2 heterocycles. The van der Waals surface area contributed by atoms with Crippen LogP contribution >= 0.6 is 48.9 Å². The quantitative estimate of drug-likeness (QED) is 0.290. The average molecular weight is 506 g/mol. The minimum Gasteiger partial charge on any atom is -0.481 e. The van der Waals surface area contributed by atoms with Gasteiger partial charge in [0, 0.05) is 23.6 Å². The molecule has 10 nitrogen and oxygen atoms in total. The lowest BCUT2D eigenvalue weighted by Crippen LogP contribution is -2.15. The number of hydrogen-bond donors (Lipinski definition) is 4. The lowest BCUT2D eigenvalue weighted by atomic mass is 10.2. The van der Waals surface area contributed by atoms with Crippen LogP contribution in [0.25, 0.3) is 0 Å². The van der Waals surface area contributed by atoms with Crippen molar-refractivity contribution in [2.24, 2.45) is 15.9 Å². The molecule has 0 aromatic carbocycles. The number of hydrogen-bond acceptors (Lipinski definition) is 11. The number of Topliss-reactive ketones (excluding diaryl/α,β-unsaturated/α-hetero) is 3. The van der Waals surface area contributed by atoms with Gasteiger partial charge < -0.3 is 10.8 Å². The highest BCUT2D eigenvalue weighted by Gasteiger charge is 2.13. The Morgan fingerprint density at radius 2 is 1.39 bits per heavy atom. The van der Waals surface area contributed by atoms with Crippen LogP contribution in [-0.2, 0) is 19.2 Å². The van der Waals surface area contributed by atoms with Crippen LogP contribution in [0.15, 0.2) is 10.2 Å². The first kappa shape index (κ1) is 31.0. The second kappa shape index (κ2) is 18.5. The minimum atomic E-state index is -0.870. The highest BCUT2D eigenvalue weighted by atomic mass is 32.1. The third-order valence-electron chi connectivity index (χ3n) is 2.89. The SMILES string of the molecule is CC(=O)CC(=O)CN.CC(=O)CC1=NNC(=S)C1.O=C(O)CC1=NNC(=S)C1.S=C=S. The van der Waals surface area contributed by atoms with E-state index in [-0.39, 0.29) is 36.7 Å². The summed E-state index contributed by atoms with van der Waals surface area (Å²) in [6, 6.07) is 0. The van der Waals surface area contributed by atoms with E-state index < -0.39 is 5.97 Å². The van der Waals surface area contributed by atoms with Crippen LogP contribution in [0.3, 0.4) is 0 Å². The molecule has 14 heteroatoms. The summed E-state index contributed by atoms with van der Waals surface area (Å²) in [6.45, 7) is 2.89. The first-order valence-corrected chi connectivity index (χ1v) is 10.2. The molecule has 0 aromatic rings. The first-order valence-electron chi connectivity index (χ1n) is 8.55. The second-order valence-corrected chi connectivity index (χ2v) is 7.59. The van der Waals surface area contributed by atoms with Crippen molar-refractivity contribution >= 4 is 97.9 Å². The third kappa shape index (κ3) is 20.8. The normalized spacial score (nSPS) is 13.1. The Bertz CT molecular complexity index is 759. The Morgan fingerprint density at radius 1 is 0.968 bits per heavy atom. The average Bonchev–Trinajstić information content (AvgIpc) is 3.23. The molecule has 0 bridgehead atoms. The van der Waals surface area contributed by atoms with Gasteiger partial charge in [-0.05, 0) is 38.3 Å². The molecule has 0 radical (unpaired) electrons. The molecule has 5 N–H and O–H groups in total. The summed E-state index contributed by atoms with van der Waals surface area (Å²) in [5, 5.41) is 15.9. The molecule has 0 atom stereocenters. The topological polar surface area (TPSA) is 163 Å². The van der Waals surface area contributed by atoms with Crippen molar-refractivity contribution in [2.75, 3.05) is 6.54 Å².